The Hall–Kier alpha value is -1.60. The van der Waals surface area contributed by atoms with Crippen LogP contribution in [0.25, 0.3) is 0 Å². The Bertz CT molecular complexity index is 812. The van der Waals surface area contributed by atoms with Crippen molar-refractivity contribution in [2.45, 2.75) is 39.3 Å². The lowest BCUT2D eigenvalue weighted by molar-refractivity contribution is -0.136. The van der Waals surface area contributed by atoms with Crippen LogP contribution in [0.15, 0.2) is 35.7 Å². The van der Waals surface area contributed by atoms with Gasteiger partial charge in [-0.05, 0) is 60.5 Å². The molecule has 0 unspecified atom stereocenters. The molecule has 0 spiro atoms. The van der Waals surface area contributed by atoms with E-state index in [1.807, 2.05) is 17.0 Å². The smallest absolute Gasteiger partial charge is 0.237 e. The Morgan fingerprint density at radius 2 is 2.00 bits per heavy atom. The van der Waals surface area contributed by atoms with Gasteiger partial charge in [0.05, 0.1) is 18.7 Å². The molecule has 3 rings (SSSR count). The van der Waals surface area contributed by atoms with Gasteiger partial charge in [-0.15, -0.1) is 11.3 Å². The molecule has 164 valence electrons. The van der Waals surface area contributed by atoms with Crippen LogP contribution >= 0.6 is 22.9 Å². The third kappa shape index (κ3) is 6.20. The summed E-state index contributed by atoms with van der Waals surface area (Å²) in [5.41, 5.74) is 1.18. The second kappa shape index (κ2) is 10.6. The molecule has 30 heavy (non-hydrogen) atoms. The maximum Gasteiger partial charge on any atom is 0.237 e. The highest BCUT2D eigenvalue weighted by Gasteiger charge is 2.33. The molecular weight excluding hydrogens is 420 g/mol. The molecule has 0 saturated heterocycles. The molecule has 1 aromatic heterocycles. The average Bonchev–Trinajstić information content (AvgIpc) is 3.15. The fourth-order valence-electron chi connectivity index (χ4n) is 3.96. The fourth-order valence-corrected chi connectivity index (χ4v) is 5.01. The maximum absolute atomic E-state index is 13.3. The Kier molecular flexibility index (Phi) is 8.17. The second-order valence-electron chi connectivity index (χ2n) is 8.35. The van der Waals surface area contributed by atoms with E-state index in [1.54, 1.807) is 30.4 Å². The summed E-state index contributed by atoms with van der Waals surface area (Å²) >= 11 is 7.71. The number of hydrogen-bond donors (Lipinski definition) is 1. The number of nitrogens with zero attached hydrogens (tertiary/aromatic N) is 2. The Balaban J connectivity index is 1.73. The lowest BCUT2D eigenvalue weighted by atomic mass is 10.0. The Labute approximate surface area is 188 Å². The molecule has 1 aromatic carbocycles. The van der Waals surface area contributed by atoms with Gasteiger partial charge in [0.15, 0.2) is 0 Å². The van der Waals surface area contributed by atoms with Crippen molar-refractivity contribution >= 4 is 28.8 Å². The van der Waals surface area contributed by atoms with Gasteiger partial charge in [0, 0.05) is 29.5 Å². The molecule has 1 aliphatic rings. The van der Waals surface area contributed by atoms with E-state index in [4.69, 9.17) is 16.3 Å². The minimum atomic E-state index is -0.467. The SMILES string of the molecule is CC(C)CN(CC(=O)N1CCc2sccc2[C@H]1COc1ccc(Cl)cc1)C[C@@H](C)O. The number of aliphatic hydroxyl groups is 1. The number of thiophene rings is 1. The zero-order chi connectivity index (χ0) is 21.7. The van der Waals surface area contributed by atoms with E-state index in [0.29, 0.717) is 37.2 Å². The highest BCUT2D eigenvalue weighted by molar-refractivity contribution is 7.10. The number of fused-ring (bicyclic) bond motifs is 1. The van der Waals surface area contributed by atoms with Crippen molar-refractivity contribution in [3.63, 3.8) is 0 Å². The molecular formula is C23H31ClN2O3S. The van der Waals surface area contributed by atoms with Gasteiger partial charge < -0.3 is 14.7 Å². The van der Waals surface area contributed by atoms with Crippen molar-refractivity contribution < 1.29 is 14.6 Å². The zero-order valence-corrected chi connectivity index (χ0v) is 19.5. The first-order chi connectivity index (χ1) is 14.3. The fraction of sp³-hybridized carbons (Fsp3) is 0.522. The predicted molar refractivity (Wildman–Crippen MR) is 122 cm³/mol. The van der Waals surface area contributed by atoms with Crippen LogP contribution in [0.4, 0.5) is 0 Å². The number of rotatable bonds is 9. The van der Waals surface area contributed by atoms with Crippen LogP contribution in [0, 0.1) is 5.92 Å². The average molecular weight is 451 g/mol. The van der Waals surface area contributed by atoms with Crippen LogP contribution in [0.5, 0.6) is 5.75 Å². The lowest BCUT2D eigenvalue weighted by Gasteiger charge is -2.37. The molecule has 1 N–H and O–H groups in total. The third-order valence-electron chi connectivity index (χ3n) is 5.14. The number of halogens is 1. The molecule has 2 heterocycles. The van der Waals surface area contributed by atoms with E-state index in [-0.39, 0.29) is 11.9 Å². The summed E-state index contributed by atoms with van der Waals surface area (Å²) in [4.78, 5) is 18.6. The first-order valence-corrected chi connectivity index (χ1v) is 11.7. The van der Waals surface area contributed by atoms with Gasteiger partial charge in [-0.1, -0.05) is 25.4 Å². The molecule has 5 nitrogen and oxygen atoms in total. The van der Waals surface area contributed by atoms with Crippen LogP contribution in [-0.4, -0.2) is 59.7 Å². The predicted octanol–water partition coefficient (Wildman–Crippen LogP) is 4.25. The van der Waals surface area contributed by atoms with Crippen molar-refractivity contribution in [1.82, 2.24) is 9.80 Å². The van der Waals surface area contributed by atoms with Gasteiger partial charge >= 0.3 is 0 Å². The van der Waals surface area contributed by atoms with Gasteiger partial charge in [0.2, 0.25) is 5.91 Å². The van der Waals surface area contributed by atoms with Gasteiger partial charge in [-0.25, -0.2) is 0 Å². The van der Waals surface area contributed by atoms with Gasteiger partial charge in [0.25, 0.3) is 0 Å². The standard InChI is InChI=1S/C23H31ClN2O3S/c1-16(2)12-25(13-17(3)27)14-23(28)26-10-8-22-20(9-11-30-22)21(26)15-29-19-6-4-18(24)5-7-19/h4-7,9,11,16-17,21,27H,8,10,12-15H2,1-3H3/t17-,21-/m1/s1. The zero-order valence-electron chi connectivity index (χ0n) is 17.9. The molecule has 2 aromatic rings. The minimum Gasteiger partial charge on any atom is -0.491 e. The van der Waals surface area contributed by atoms with Crippen molar-refractivity contribution in [2.24, 2.45) is 5.92 Å². The van der Waals surface area contributed by atoms with Crippen LogP contribution in [-0.2, 0) is 11.2 Å². The molecule has 1 amide bonds. The summed E-state index contributed by atoms with van der Waals surface area (Å²) in [6.07, 6.45) is 0.405. The summed E-state index contributed by atoms with van der Waals surface area (Å²) in [6, 6.07) is 9.29. The van der Waals surface area contributed by atoms with Crippen molar-refractivity contribution in [1.29, 1.82) is 0 Å². The van der Waals surface area contributed by atoms with Crippen molar-refractivity contribution in [3.05, 3.63) is 51.2 Å². The van der Waals surface area contributed by atoms with E-state index < -0.39 is 6.10 Å². The first kappa shape index (κ1) is 23.1. The molecule has 0 radical (unpaired) electrons. The summed E-state index contributed by atoms with van der Waals surface area (Å²) in [7, 11) is 0. The van der Waals surface area contributed by atoms with Crippen LogP contribution in [0.2, 0.25) is 5.02 Å². The third-order valence-corrected chi connectivity index (χ3v) is 6.39. The van der Waals surface area contributed by atoms with E-state index in [0.717, 1.165) is 18.7 Å². The first-order valence-electron chi connectivity index (χ1n) is 10.5. The normalized spacial score (nSPS) is 17.3. The van der Waals surface area contributed by atoms with E-state index in [9.17, 15) is 9.90 Å². The van der Waals surface area contributed by atoms with Crippen molar-refractivity contribution in [3.8, 4) is 5.75 Å². The highest BCUT2D eigenvalue weighted by Crippen LogP contribution is 2.34. The molecule has 0 fully saturated rings. The Morgan fingerprint density at radius 1 is 1.27 bits per heavy atom. The van der Waals surface area contributed by atoms with Gasteiger partial charge in [0.1, 0.15) is 12.4 Å². The topological polar surface area (TPSA) is 53.0 Å². The van der Waals surface area contributed by atoms with E-state index in [1.165, 1.54) is 10.4 Å². The number of amides is 1. The lowest BCUT2D eigenvalue weighted by Crippen LogP contribution is -2.48. The van der Waals surface area contributed by atoms with Gasteiger partial charge in [-0.2, -0.15) is 0 Å². The monoisotopic (exact) mass is 450 g/mol. The van der Waals surface area contributed by atoms with Crippen LogP contribution < -0.4 is 4.74 Å². The second-order valence-corrected chi connectivity index (χ2v) is 9.79. The minimum absolute atomic E-state index is 0.0813. The number of aliphatic hydroxyl groups excluding tert-OH is 1. The summed E-state index contributed by atoms with van der Waals surface area (Å²) < 4.78 is 6.04. The van der Waals surface area contributed by atoms with Crippen molar-refractivity contribution in [2.75, 3.05) is 32.8 Å². The molecule has 0 saturated carbocycles. The number of hydrogen-bond acceptors (Lipinski definition) is 5. The molecule has 0 aliphatic carbocycles. The number of ether oxygens (including phenoxy) is 1. The van der Waals surface area contributed by atoms with E-state index >= 15 is 0 Å². The number of carbonyl (C=O) groups is 1. The summed E-state index contributed by atoms with van der Waals surface area (Å²) in [5.74, 6) is 1.24. The summed E-state index contributed by atoms with van der Waals surface area (Å²) in [5, 5.41) is 12.6. The molecule has 1 aliphatic heterocycles. The molecule has 7 heteroatoms. The highest BCUT2D eigenvalue weighted by atomic mass is 35.5. The Morgan fingerprint density at radius 3 is 2.67 bits per heavy atom. The molecule has 2 atom stereocenters. The summed E-state index contributed by atoms with van der Waals surface area (Å²) in [6.45, 7) is 8.68. The quantitative estimate of drug-likeness (QED) is 0.620. The number of carbonyl (C=O) groups excluding carboxylic acids is 1. The number of benzene rings is 1. The largest absolute Gasteiger partial charge is 0.491 e. The van der Waals surface area contributed by atoms with Crippen LogP contribution in [0.1, 0.15) is 37.3 Å². The maximum atomic E-state index is 13.3. The van der Waals surface area contributed by atoms with E-state index in [2.05, 4.69) is 30.2 Å². The van der Waals surface area contributed by atoms with Crippen LogP contribution in [0.3, 0.4) is 0 Å². The van der Waals surface area contributed by atoms with Gasteiger partial charge in [-0.3, -0.25) is 9.69 Å². The molecule has 0 bridgehead atoms.